The molecule has 1 fully saturated rings. The summed E-state index contributed by atoms with van der Waals surface area (Å²) in [6.07, 6.45) is 7.08. The summed E-state index contributed by atoms with van der Waals surface area (Å²) < 4.78 is 5.33. The van der Waals surface area contributed by atoms with E-state index in [9.17, 15) is 9.59 Å². The molecule has 1 saturated heterocycles. The van der Waals surface area contributed by atoms with Crippen LogP contribution < -0.4 is 10.6 Å². The van der Waals surface area contributed by atoms with E-state index in [1.807, 2.05) is 36.4 Å². The van der Waals surface area contributed by atoms with Crippen molar-refractivity contribution in [1.82, 2.24) is 35.3 Å². The minimum absolute atomic E-state index is 0.0455. The van der Waals surface area contributed by atoms with Gasteiger partial charge >= 0.3 is 6.03 Å². The van der Waals surface area contributed by atoms with Gasteiger partial charge in [0.05, 0.1) is 36.5 Å². The first-order valence-electron chi connectivity index (χ1n) is 12.7. The average Bonchev–Trinajstić information content (AvgIpc) is 3.40. The number of rotatable bonds is 4. The molecule has 3 N–H and O–H groups in total. The maximum atomic E-state index is 12.8. The van der Waals surface area contributed by atoms with Crippen molar-refractivity contribution in [2.75, 3.05) is 45.7 Å². The SMILES string of the molecule is CN(C)C(=O)c1cccc2c1C=C(c1[nH]nc3ncc(-c4cncc(NC(=O)N5CCOCC5)c4)cc13)NC2. The van der Waals surface area contributed by atoms with Crippen molar-refractivity contribution in [3.63, 3.8) is 0 Å². The third-order valence-electron chi connectivity index (χ3n) is 6.89. The molecule has 11 heteroatoms. The molecule has 6 rings (SSSR count). The van der Waals surface area contributed by atoms with Gasteiger partial charge in [0.15, 0.2) is 5.65 Å². The molecule has 0 saturated carbocycles. The minimum atomic E-state index is -0.175. The molecule has 2 aliphatic rings. The number of morpholine rings is 1. The Bertz CT molecular complexity index is 1600. The highest BCUT2D eigenvalue weighted by Gasteiger charge is 2.22. The predicted octanol–water partition coefficient (Wildman–Crippen LogP) is 3.19. The molecule has 39 heavy (non-hydrogen) atoms. The van der Waals surface area contributed by atoms with Crippen LogP contribution in [0.25, 0.3) is 33.9 Å². The van der Waals surface area contributed by atoms with Gasteiger partial charge in [-0.3, -0.25) is 14.9 Å². The standard InChI is InChI=1S/C28H28N8O3/c1-35(2)27(37)21-5-3-4-17-14-30-24(12-22(17)21)25-23-11-19(15-31-26(23)34-33-25)18-10-20(16-29-13-18)32-28(38)36-6-8-39-9-7-36/h3-5,10-13,15-16,30H,6-9,14H2,1-2H3,(H,32,38)(H,31,33,34). The lowest BCUT2D eigenvalue weighted by Gasteiger charge is -2.26. The molecule has 0 radical (unpaired) electrons. The predicted molar refractivity (Wildman–Crippen MR) is 148 cm³/mol. The van der Waals surface area contributed by atoms with Crippen molar-refractivity contribution in [3.8, 4) is 11.1 Å². The summed E-state index contributed by atoms with van der Waals surface area (Å²) in [6, 6.07) is 9.48. The zero-order chi connectivity index (χ0) is 26.9. The topological polar surface area (TPSA) is 128 Å². The van der Waals surface area contributed by atoms with Gasteiger partial charge in [0.1, 0.15) is 0 Å². The number of nitrogens with one attached hydrogen (secondary N) is 3. The first-order valence-corrected chi connectivity index (χ1v) is 12.7. The number of nitrogens with zero attached hydrogens (tertiary/aromatic N) is 5. The Morgan fingerprint density at radius 3 is 2.72 bits per heavy atom. The summed E-state index contributed by atoms with van der Waals surface area (Å²) in [5.74, 6) is -0.0455. The summed E-state index contributed by atoms with van der Waals surface area (Å²) >= 11 is 0. The fraction of sp³-hybridized carbons (Fsp3) is 0.250. The van der Waals surface area contributed by atoms with Crippen LogP contribution in [0, 0.1) is 0 Å². The van der Waals surface area contributed by atoms with Crippen LogP contribution >= 0.6 is 0 Å². The number of pyridine rings is 2. The number of anilines is 1. The summed E-state index contributed by atoms with van der Waals surface area (Å²) in [5.41, 5.74) is 7.02. The number of hydrogen-bond donors (Lipinski definition) is 3. The molecule has 5 heterocycles. The highest BCUT2D eigenvalue weighted by molar-refractivity contribution is 6.02. The van der Waals surface area contributed by atoms with E-state index in [0.717, 1.165) is 39.0 Å². The van der Waals surface area contributed by atoms with Gasteiger partial charge in [-0.15, -0.1) is 0 Å². The first kappa shape index (κ1) is 24.6. The van der Waals surface area contributed by atoms with Crippen LogP contribution in [0.4, 0.5) is 10.5 Å². The Labute approximate surface area is 224 Å². The number of benzene rings is 1. The number of hydrogen-bond acceptors (Lipinski definition) is 7. The van der Waals surface area contributed by atoms with Gasteiger partial charge < -0.3 is 25.2 Å². The van der Waals surface area contributed by atoms with Crippen LogP contribution in [0.2, 0.25) is 0 Å². The molecule has 3 aromatic heterocycles. The smallest absolute Gasteiger partial charge is 0.322 e. The Hall–Kier alpha value is -4.77. The number of H-pyrrole nitrogens is 1. The molecule has 0 bridgehead atoms. The second-order valence-corrected chi connectivity index (χ2v) is 9.68. The normalized spacial score (nSPS) is 14.8. The Morgan fingerprint density at radius 1 is 1.08 bits per heavy atom. The van der Waals surface area contributed by atoms with Crippen LogP contribution in [-0.2, 0) is 11.3 Å². The number of carbonyl (C=O) groups is 2. The van der Waals surface area contributed by atoms with Gasteiger partial charge in [0, 0.05) is 68.2 Å². The zero-order valence-electron chi connectivity index (χ0n) is 21.7. The van der Waals surface area contributed by atoms with E-state index in [1.165, 1.54) is 0 Å². The molecule has 4 aromatic rings. The average molecular weight is 525 g/mol. The summed E-state index contributed by atoms with van der Waals surface area (Å²) in [7, 11) is 3.50. The number of aromatic amines is 1. The van der Waals surface area contributed by atoms with Gasteiger partial charge in [-0.1, -0.05) is 12.1 Å². The molecular formula is C28H28N8O3. The van der Waals surface area contributed by atoms with E-state index in [1.54, 1.807) is 42.5 Å². The minimum Gasteiger partial charge on any atom is -0.379 e. The molecule has 2 aliphatic heterocycles. The third kappa shape index (κ3) is 4.79. The maximum Gasteiger partial charge on any atom is 0.322 e. The lowest BCUT2D eigenvalue weighted by atomic mass is 9.95. The number of carbonyl (C=O) groups excluding carboxylic acids is 2. The highest BCUT2D eigenvalue weighted by Crippen LogP contribution is 2.31. The van der Waals surface area contributed by atoms with E-state index >= 15 is 0 Å². The van der Waals surface area contributed by atoms with Crippen LogP contribution in [0.15, 0.2) is 48.9 Å². The summed E-state index contributed by atoms with van der Waals surface area (Å²) in [5, 5.41) is 14.7. The Balaban J connectivity index is 1.32. The van der Waals surface area contributed by atoms with Gasteiger partial charge in [-0.2, -0.15) is 5.10 Å². The van der Waals surface area contributed by atoms with Crippen molar-refractivity contribution >= 4 is 40.4 Å². The third-order valence-corrected chi connectivity index (χ3v) is 6.89. The second kappa shape index (κ2) is 10.2. The molecule has 1 aromatic carbocycles. The Morgan fingerprint density at radius 2 is 1.90 bits per heavy atom. The largest absolute Gasteiger partial charge is 0.379 e. The quantitative estimate of drug-likeness (QED) is 0.374. The van der Waals surface area contributed by atoms with Gasteiger partial charge in [-0.25, -0.2) is 9.78 Å². The monoisotopic (exact) mass is 524 g/mol. The van der Waals surface area contributed by atoms with Crippen LogP contribution in [-0.4, -0.2) is 82.3 Å². The summed E-state index contributed by atoms with van der Waals surface area (Å²) in [4.78, 5) is 37.6. The molecule has 198 valence electrons. The van der Waals surface area contributed by atoms with Crippen molar-refractivity contribution in [2.45, 2.75) is 6.54 Å². The lowest BCUT2D eigenvalue weighted by molar-refractivity contribution is 0.0564. The number of amides is 3. The van der Waals surface area contributed by atoms with Gasteiger partial charge in [0.2, 0.25) is 0 Å². The van der Waals surface area contributed by atoms with Crippen molar-refractivity contribution in [2.24, 2.45) is 0 Å². The molecule has 0 spiro atoms. The first-order chi connectivity index (χ1) is 19.0. The van der Waals surface area contributed by atoms with Crippen molar-refractivity contribution < 1.29 is 14.3 Å². The lowest BCUT2D eigenvalue weighted by Crippen LogP contribution is -2.43. The molecule has 0 aliphatic carbocycles. The molecule has 11 nitrogen and oxygen atoms in total. The zero-order valence-corrected chi connectivity index (χ0v) is 21.7. The fourth-order valence-electron chi connectivity index (χ4n) is 4.81. The van der Waals surface area contributed by atoms with Gasteiger partial charge in [0.25, 0.3) is 5.91 Å². The molecular weight excluding hydrogens is 496 g/mol. The highest BCUT2D eigenvalue weighted by atomic mass is 16.5. The molecule has 0 unspecified atom stereocenters. The van der Waals surface area contributed by atoms with E-state index < -0.39 is 0 Å². The van der Waals surface area contributed by atoms with E-state index in [2.05, 4.69) is 30.8 Å². The number of aromatic nitrogens is 4. The van der Waals surface area contributed by atoms with Crippen LogP contribution in [0.1, 0.15) is 27.2 Å². The van der Waals surface area contributed by atoms with Crippen LogP contribution in [0.5, 0.6) is 0 Å². The van der Waals surface area contributed by atoms with E-state index in [4.69, 9.17) is 4.74 Å². The maximum absolute atomic E-state index is 12.8. The summed E-state index contributed by atoms with van der Waals surface area (Å²) in [6.45, 7) is 2.77. The molecule has 0 atom stereocenters. The van der Waals surface area contributed by atoms with Crippen LogP contribution in [0.3, 0.4) is 0 Å². The number of fused-ring (bicyclic) bond motifs is 2. The number of urea groups is 1. The van der Waals surface area contributed by atoms with Gasteiger partial charge in [-0.05, 0) is 35.4 Å². The van der Waals surface area contributed by atoms with Crippen molar-refractivity contribution in [3.05, 3.63) is 71.3 Å². The second-order valence-electron chi connectivity index (χ2n) is 9.68. The fourth-order valence-corrected chi connectivity index (χ4v) is 4.81. The van der Waals surface area contributed by atoms with E-state index in [-0.39, 0.29) is 11.9 Å². The Kier molecular flexibility index (Phi) is 6.41. The number of ether oxygens (including phenoxy) is 1. The van der Waals surface area contributed by atoms with E-state index in [0.29, 0.717) is 49.7 Å². The van der Waals surface area contributed by atoms with Crippen molar-refractivity contribution in [1.29, 1.82) is 0 Å². The molecule has 3 amide bonds.